The van der Waals surface area contributed by atoms with Crippen molar-refractivity contribution in [1.82, 2.24) is 9.88 Å². The van der Waals surface area contributed by atoms with Gasteiger partial charge < -0.3 is 4.57 Å². The summed E-state index contributed by atoms with van der Waals surface area (Å²) in [5.41, 5.74) is 4.21. The molecule has 26 heavy (non-hydrogen) atoms. The van der Waals surface area contributed by atoms with Crippen molar-refractivity contribution in [1.29, 1.82) is 0 Å². The number of aryl methyl sites for hydroxylation is 2. The van der Waals surface area contributed by atoms with E-state index in [-0.39, 0.29) is 11.8 Å². The molecular formula is C21H17ClN2O2. The van der Waals surface area contributed by atoms with Gasteiger partial charge in [-0.3, -0.25) is 14.9 Å². The summed E-state index contributed by atoms with van der Waals surface area (Å²) in [4.78, 5) is 25.3. The van der Waals surface area contributed by atoms with E-state index >= 15 is 0 Å². The van der Waals surface area contributed by atoms with Gasteiger partial charge in [0.25, 0.3) is 0 Å². The summed E-state index contributed by atoms with van der Waals surface area (Å²) in [7, 11) is 0. The molecule has 0 unspecified atom stereocenters. The third-order valence-electron chi connectivity index (χ3n) is 5.55. The Morgan fingerprint density at radius 1 is 1.04 bits per heavy atom. The summed E-state index contributed by atoms with van der Waals surface area (Å²) in [6.07, 6.45) is 4.20. The van der Waals surface area contributed by atoms with E-state index in [0.717, 1.165) is 35.9 Å². The summed E-state index contributed by atoms with van der Waals surface area (Å²) < 4.78 is 2.23. The predicted molar refractivity (Wildman–Crippen MR) is 100 cm³/mol. The van der Waals surface area contributed by atoms with Crippen LogP contribution >= 0.6 is 11.6 Å². The molecule has 4 nitrogen and oxygen atoms in total. The van der Waals surface area contributed by atoms with Crippen molar-refractivity contribution < 1.29 is 9.59 Å². The fraction of sp³-hybridized carbons (Fsp3) is 0.238. The van der Waals surface area contributed by atoms with Crippen LogP contribution < -0.4 is 5.32 Å². The van der Waals surface area contributed by atoms with E-state index in [9.17, 15) is 9.59 Å². The molecule has 2 aromatic carbocycles. The molecule has 1 N–H and O–H groups in total. The minimum absolute atomic E-state index is 0.233. The number of carbonyl (C=O) groups is 2. The topological polar surface area (TPSA) is 51.1 Å². The number of hydrogen-bond donors (Lipinski definition) is 1. The van der Waals surface area contributed by atoms with Crippen molar-refractivity contribution in [2.45, 2.75) is 31.2 Å². The van der Waals surface area contributed by atoms with E-state index in [1.807, 2.05) is 18.2 Å². The first-order valence-electron chi connectivity index (χ1n) is 8.84. The van der Waals surface area contributed by atoms with Crippen LogP contribution in [0.4, 0.5) is 0 Å². The molecule has 0 aliphatic carbocycles. The maximum Gasteiger partial charge on any atom is 0.235 e. The SMILES string of the molecule is O=C1NC(=O)[C@@H](c2cn3c4c(cccc24)CCC3)[C@H]1c1cccc(Cl)c1. The molecule has 0 radical (unpaired) electrons. The lowest BCUT2D eigenvalue weighted by Gasteiger charge is -2.16. The van der Waals surface area contributed by atoms with Crippen molar-refractivity contribution >= 4 is 34.3 Å². The van der Waals surface area contributed by atoms with Gasteiger partial charge in [0.15, 0.2) is 0 Å². The molecule has 1 aromatic heterocycles. The monoisotopic (exact) mass is 364 g/mol. The van der Waals surface area contributed by atoms with Gasteiger partial charge in [0.05, 0.1) is 17.4 Å². The summed E-state index contributed by atoms with van der Waals surface area (Å²) in [5.74, 6) is -1.57. The molecule has 2 amide bonds. The second-order valence-electron chi connectivity index (χ2n) is 7.06. The number of benzene rings is 2. The summed E-state index contributed by atoms with van der Waals surface area (Å²) >= 11 is 6.13. The molecule has 5 rings (SSSR count). The Morgan fingerprint density at radius 2 is 1.85 bits per heavy atom. The van der Waals surface area contributed by atoms with Gasteiger partial charge in [-0.15, -0.1) is 0 Å². The number of hydrogen-bond acceptors (Lipinski definition) is 2. The van der Waals surface area contributed by atoms with Crippen molar-refractivity contribution in [2.75, 3.05) is 0 Å². The third-order valence-corrected chi connectivity index (χ3v) is 5.78. The van der Waals surface area contributed by atoms with Crippen LogP contribution in [0.25, 0.3) is 10.9 Å². The molecule has 2 aliphatic rings. The summed E-state index contributed by atoms with van der Waals surface area (Å²) in [5, 5.41) is 4.16. The maximum atomic E-state index is 12.7. The Hall–Kier alpha value is -2.59. The first-order chi connectivity index (χ1) is 12.6. The number of nitrogens with one attached hydrogen (secondary N) is 1. The number of halogens is 1. The second-order valence-corrected chi connectivity index (χ2v) is 7.49. The first kappa shape index (κ1) is 15.6. The van der Waals surface area contributed by atoms with Crippen LogP contribution in [0.1, 0.15) is 34.9 Å². The number of aromatic nitrogens is 1. The van der Waals surface area contributed by atoms with Crippen LogP contribution in [-0.2, 0) is 22.6 Å². The predicted octanol–water partition coefficient (Wildman–Crippen LogP) is 3.76. The molecule has 1 saturated heterocycles. The number of carbonyl (C=O) groups excluding carboxylic acids is 2. The maximum absolute atomic E-state index is 12.7. The van der Waals surface area contributed by atoms with Crippen LogP contribution in [0, 0.1) is 0 Å². The minimum Gasteiger partial charge on any atom is -0.347 e. The van der Waals surface area contributed by atoms with E-state index < -0.39 is 11.8 Å². The van der Waals surface area contributed by atoms with Crippen LogP contribution in [-0.4, -0.2) is 16.4 Å². The molecule has 0 saturated carbocycles. The van der Waals surface area contributed by atoms with Gasteiger partial charge in [0, 0.05) is 23.2 Å². The van der Waals surface area contributed by atoms with Crippen LogP contribution in [0.15, 0.2) is 48.7 Å². The zero-order valence-electron chi connectivity index (χ0n) is 14.0. The molecule has 130 valence electrons. The second kappa shape index (κ2) is 5.71. The van der Waals surface area contributed by atoms with Crippen molar-refractivity contribution in [3.8, 4) is 0 Å². The Morgan fingerprint density at radius 3 is 2.69 bits per heavy atom. The number of para-hydroxylation sites is 1. The van der Waals surface area contributed by atoms with Gasteiger partial charge in [0.1, 0.15) is 0 Å². The smallest absolute Gasteiger partial charge is 0.235 e. The minimum atomic E-state index is -0.551. The highest BCUT2D eigenvalue weighted by Crippen LogP contribution is 2.42. The molecular weight excluding hydrogens is 348 g/mol. The molecule has 3 aromatic rings. The fourth-order valence-corrected chi connectivity index (χ4v) is 4.67. The van der Waals surface area contributed by atoms with Gasteiger partial charge in [-0.25, -0.2) is 0 Å². The molecule has 2 atom stereocenters. The van der Waals surface area contributed by atoms with Crippen molar-refractivity contribution in [2.24, 2.45) is 0 Å². The number of imide groups is 1. The Bertz CT molecular complexity index is 1070. The lowest BCUT2D eigenvalue weighted by Crippen LogP contribution is -2.21. The lowest BCUT2D eigenvalue weighted by molar-refractivity contribution is -0.125. The molecule has 3 heterocycles. The largest absolute Gasteiger partial charge is 0.347 e. The Labute approximate surface area is 155 Å². The molecule has 1 fully saturated rings. The van der Waals surface area contributed by atoms with Crippen molar-refractivity contribution in [3.05, 3.63) is 70.4 Å². The fourth-order valence-electron chi connectivity index (χ4n) is 4.48. The van der Waals surface area contributed by atoms with Crippen LogP contribution in [0.3, 0.4) is 0 Å². The molecule has 2 aliphatic heterocycles. The van der Waals surface area contributed by atoms with Gasteiger partial charge in [-0.2, -0.15) is 0 Å². The van der Waals surface area contributed by atoms with Gasteiger partial charge in [-0.05, 0) is 41.7 Å². The summed E-state index contributed by atoms with van der Waals surface area (Å²) in [6.45, 7) is 0.942. The highest BCUT2D eigenvalue weighted by molar-refractivity contribution is 6.30. The van der Waals surface area contributed by atoms with Crippen LogP contribution in [0.5, 0.6) is 0 Å². The lowest BCUT2D eigenvalue weighted by atomic mass is 9.83. The summed E-state index contributed by atoms with van der Waals surface area (Å²) in [6, 6.07) is 13.5. The Kier molecular flexibility index (Phi) is 3.44. The highest BCUT2D eigenvalue weighted by Gasteiger charge is 2.44. The van der Waals surface area contributed by atoms with E-state index in [0.29, 0.717) is 5.02 Å². The average Bonchev–Trinajstić information content (AvgIpc) is 3.13. The van der Waals surface area contributed by atoms with Gasteiger partial charge in [-0.1, -0.05) is 41.9 Å². The van der Waals surface area contributed by atoms with E-state index in [4.69, 9.17) is 11.6 Å². The van der Waals surface area contributed by atoms with Gasteiger partial charge in [0.2, 0.25) is 11.8 Å². The standard InChI is InChI=1S/C21H17ClN2O2/c22-14-7-1-5-13(10-14)17-18(21(26)23-20(17)25)16-11-24-9-3-6-12-4-2-8-15(16)19(12)24/h1-2,4-5,7-8,10-11,17-18H,3,6,9H2,(H,23,25,26)/t17-,18+/m1/s1. The van der Waals surface area contributed by atoms with E-state index in [2.05, 4.69) is 28.2 Å². The Balaban J connectivity index is 1.71. The molecule has 0 spiro atoms. The zero-order chi connectivity index (χ0) is 17.8. The zero-order valence-corrected chi connectivity index (χ0v) is 14.8. The number of nitrogens with zero attached hydrogens (tertiary/aromatic N) is 1. The first-order valence-corrected chi connectivity index (χ1v) is 9.22. The average molecular weight is 365 g/mol. The number of rotatable bonds is 2. The quantitative estimate of drug-likeness (QED) is 0.704. The molecule has 5 heteroatoms. The van der Waals surface area contributed by atoms with E-state index in [1.165, 1.54) is 11.1 Å². The molecule has 0 bridgehead atoms. The highest BCUT2D eigenvalue weighted by atomic mass is 35.5. The normalized spacial score (nSPS) is 22.0. The number of amides is 2. The van der Waals surface area contributed by atoms with Crippen molar-refractivity contribution in [3.63, 3.8) is 0 Å². The van der Waals surface area contributed by atoms with Crippen LogP contribution in [0.2, 0.25) is 5.02 Å². The van der Waals surface area contributed by atoms with E-state index in [1.54, 1.807) is 12.1 Å². The van der Waals surface area contributed by atoms with Gasteiger partial charge >= 0.3 is 0 Å². The third kappa shape index (κ3) is 2.22.